The van der Waals surface area contributed by atoms with E-state index in [1.807, 2.05) is 12.1 Å². The number of benzene rings is 2. The van der Waals surface area contributed by atoms with E-state index in [4.69, 9.17) is 0 Å². The normalized spacial score (nSPS) is 11.2. The van der Waals surface area contributed by atoms with Crippen LogP contribution in [0.15, 0.2) is 53.9 Å². The summed E-state index contributed by atoms with van der Waals surface area (Å²) < 4.78 is 0. The van der Waals surface area contributed by atoms with E-state index in [0.717, 1.165) is 5.56 Å². The minimum atomic E-state index is -0.445. The first-order valence-corrected chi connectivity index (χ1v) is 9.24. The zero-order valence-corrected chi connectivity index (χ0v) is 16.0. The Labute approximate surface area is 161 Å². The van der Waals surface area contributed by atoms with Crippen LogP contribution in [0.25, 0.3) is 11.3 Å². The van der Waals surface area contributed by atoms with Crippen LogP contribution < -0.4 is 5.32 Å². The average Bonchev–Trinajstić information content (AvgIpc) is 3.09. The number of nitro benzene ring substituents is 1. The van der Waals surface area contributed by atoms with Crippen molar-refractivity contribution in [3.8, 4) is 11.3 Å². The van der Waals surface area contributed by atoms with Gasteiger partial charge in [0.25, 0.3) is 11.6 Å². The summed E-state index contributed by atoms with van der Waals surface area (Å²) in [5.74, 6) is -0.240. The SMILES string of the molecule is CC(C)(C)c1ccc(C(=O)Nc2nc(-c3cccc([N+](=O)[O-])c3)cs2)cc1. The maximum absolute atomic E-state index is 12.4. The number of anilines is 1. The largest absolute Gasteiger partial charge is 0.298 e. The van der Waals surface area contributed by atoms with Crippen LogP contribution in [0, 0.1) is 10.1 Å². The summed E-state index contributed by atoms with van der Waals surface area (Å²) >= 11 is 1.28. The number of nitrogens with one attached hydrogen (secondary N) is 1. The fraction of sp³-hybridized carbons (Fsp3) is 0.200. The van der Waals surface area contributed by atoms with Gasteiger partial charge in [-0.1, -0.05) is 45.0 Å². The van der Waals surface area contributed by atoms with Crippen molar-refractivity contribution in [1.82, 2.24) is 4.98 Å². The molecule has 1 heterocycles. The van der Waals surface area contributed by atoms with Crippen molar-refractivity contribution in [3.63, 3.8) is 0 Å². The van der Waals surface area contributed by atoms with Crippen LogP contribution >= 0.6 is 11.3 Å². The Morgan fingerprint density at radius 2 is 1.85 bits per heavy atom. The van der Waals surface area contributed by atoms with Crippen molar-refractivity contribution in [2.45, 2.75) is 26.2 Å². The molecule has 1 N–H and O–H groups in total. The van der Waals surface area contributed by atoms with Gasteiger partial charge in [-0.2, -0.15) is 0 Å². The fourth-order valence-electron chi connectivity index (χ4n) is 2.53. The second kappa shape index (κ2) is 7.28. The first-order chi connectivity index (χ1) is 12.7. The summed E-state index contributed by atoms with van der Waals surface area (Å²) in [5, 5.41) is 15.9. The molecule has 0 aliphatic carbocycles. The minimum Gasteiger partial charge on any atom is -0.298 e. The van der Waals surface area contributed by atoms with Gasteiger partial charge in [0.05, 0.1) is 10.6 Å². The summed E-state index contributed by atoms with van der Waals surface area (Å²) in [4.78, 5) is 27.3. The molecule has 1 amide bonds. The van der Waals surface area contributed by atoms with Crippen molar-refractivity contribution in [2.75, 3.05) is 5.32 Å². The quantitative estimate of drug-likeness (QED) is 0.493. The van der Waals surface area contributed by atoms with E-state index in [-0.39, 0.29) is 17.0 Å². The number of amides is 1. The maximum atomic E-state index is 12.4. The third-order valence-corrected chi connectivity index (χ3v) is 4.85. The highest BCUT2D eigenvalue weighted by Gasteiger charge is 2.15. The monoisotopic (exact) mass is 381 g/mol. The number of carbonyl (C=O) groups excluding carboxylic acids is 1. The van der Waals surface area contributed by atoms with Gasteiger partial charge < -0.3 is 0 Å². The van der Waals surface area contributed by atoms with Crippen LogP contribution in [0.2, 0.25) is 0 Å². The van der Waals surface area contributed by atoms with E-state index in [2.05, 4.69) is 31.1 Å². The third-order valence-electron chi connectivity index (χ3n) is 4.09. The predicted octanol–water partition coefficient (Wildman–Crippen LogP) is 5.27. The first kappa shape index (κ1) is 18.7. The number of nitrogens with zero attached hydrogens (tertiary/aromatic N) is 2. The van der Waals surface area contributed by atoms with Crippen molar-refractivity contribution in [1.29, 1.82) is 0 Å². The van der Waals surface area contributed by atoms with Gasteiger partial charge in [-0.05, 0) is 23.1 Å². The van der Waals surface area contributed by atoms with Gasteiger partial charge in [-0.25, -0.2) is 4.98 Å². The number of non-ortho nitro benzene ring substituents is 1. The van der Waals surface area contributed by atoms with Gasteiger partial charge in [0, 0.05) is 28.6 Å². The van der Waals surface area contributed by atoms with Crippen LogP contribution in [-0.2, 0) is 5.41 Å². The van der Waals surface area contributed by atoms with E-state index >= 15 is 0 Å². The summed E-state index contributed by atoms with van der Waals surface area (Å²) in [6.07, 6.45) is 0. The molecule has 0 saturated heterocycles. The molecule has 0 fully saturated rings. The van der Waals surface area contributed by atoms with Crippen molar-refractivity contribution >= 4 is 28.1 Å². The van der Waals surface area contributed by atoms with Crippen LogP contribution in [0.4, 0.5) is 10.8 Å². The molecule has 0 spiro atoms. The lowest BCUT2D eigenvalue weighted by Crippen LogP contribution is -2.14. The van der Waals surface area contributed by atoms with Gasteiger partial charge in [0.2, 0.25) is 0 Å². The molecular weight excluding hydrogens is 362 g/mol. The van der Waals surface area contributed by atoms with Crippen molar-refractivity contribution < 1.29 is 9.72 Å². The third kappa shape index (κ3) is 4.38. The lowest BCUT2D eigenvalue weighted by Gasteiger charge is -2.18. The second-order valence-corrected chi connectivity index (χ2v) is 7.98. The molecule has 0 bridgehead atoms. The molecule has 0 radical (unpaired) electrons. The molecule has 0 aliphatic heterocycles. The Kier molecular flexibility index (Phi) is 5.05. The summed E-state index contributed by atoms with van der Waals surface area (Å²) in [7, 11) is 0. The van der Waals surface area contributed by atoms with Crippen molar-refractivity contribution in [2.24, 2.45) is 0 Å². The van der Waals surface area contributed by atoms with E-state index in [1.54, 1.807) is 29.6 Å². The Hall–Kier alpha value is -3.06. The average molecular weight is 381 g/mol. The van der Waals surface area contributed by atoms with Gasteiger partial charge >= 0.3 is 0 Å². The molecule has 0 saturated carbocycles. The Morgan fingerprint density at radius 3 is 2.48 bits per heavy atom. The molecular formula is C20H19N3O3S. The molecule has 7 heteroatoms. The number of rotatable bonds is 4. The molecule has 6 nitrogen and oxygen atoms in total. The number of carbonyl (C=O) groups is 1. The van der Waals surface area contributed by atoms with Crippen LogP contribution in [0.5, 0.6) is 0 Å². The topological polar surface area (TPSA) is 85.1 Å². The number of hydrogen-bond acceptors (Lipinski definition) is 5. The van der Waals surface area contributed by atoms with Gasteiger partial charge in [-0.3, -0.25) is 20.2 Å². The van der Waals surface area contributed by atoms with E-state index in [9.17, 15) is 14.9 Å². The molecule has 3 aromatic rings. The lowest BCUT2D eigenvalue weighted by molar-refractivity contribution is -0.384. The molecule has 0 unspecified atom stereocenters. The summed E-state index contributed by atoms with van der Waals surface area (Å²) in [5.41, 5.74) is 2.95. The van der Waals surface area contributed by atoms with E-state index in [0.29, 0.717) is 22.0 Å². The molecule has 27 heavy (non-hydrogen) atoms. The Balaban J connectivity index is 1.75. The summed E-state index contributed by atoms with van der Waals surface area (Å²) in [6.45, 7) is 6.35. The summed E-state index contributed by atoms with van der Waals surface area (Å²) in [6, 6.07) is 13.7. The molecule has 138 valence electrons. The molecule has 0 atom stereocenters. The zero-order valence-electron chi connectivity index (χ0n) is 15.2. The van der Waals surface area contributed by atoms with Crippen LogP contribution in [0.3, 0.4) is 0 Å². The number of nitro groups is 1. The Morgan fingerprint density at radius 1 is 1.15 bits per heavy atom. The molecule has 1 aromatic heterocycles. The molecule has 3 rings (SSSR count). The molecule has 0 aliphatic rings. The highest BCUT2D eigenvalue weighted by Crippen LogP contribution is 2.28. The first-order valence-electron chi connectivity index (χ1n) is 8.36. The highest BCUT2D eigenvalue weighted by atomic mass is 32.1. The van der Waals surface area contributed by atoms with Gasteiger partial charge in [0.15, 0.2) is 5.13 Å². The number of hydrogen-bond donors (Lipinski definition) is 1. The molecule has 2 aromatic carbocycles. The fourth-order valence-corrected chi connectivity index (χ4v) is 3.25. The lowest BCUT2D eigenvalue weighted by atomic mass is 9.87. The van der Waals surface area contributed by atoms with E-state index in [1.165, 1.54) is 23.5 Å². The number of aromatic nitrogens is 1. The zero-order chi connectivity index (χ0) is 19.6. The Bertz CT molecular complexity index is 988. The van der Waals surface area contributed by atoms with Gasteiger partial charge in [-0.15, -0.1) is 11.3 Å². The number of thiazole rings is 1. The second-order valence-electron chi connectivity index (χ2n) is 7.13. The van der Waals surface area contributed by atoms with Gasteiger partial charge in [0.1, 0.15) is 0 Å². The maximum Gasteiger partial charge on any atom is 0.270 e. The minimum absolute atomic E-state index is 0.00465. The highest BCUT2D eigenvalue weighted by molar-refractivity contribution is 7.14. The van der Waals surface area contributed by atoms with Crippen molar-refractivity contribution in [3.05, 3.63) is 75.2 Å². The smallest absolute Gasteiger partial charge is 0.270 e. The van der Waals surface area contributed by atoms with Crippen LogP contribution in [-0.4, -0.2) is 15.8 Å². The van der Waals surface area contributed by atoms with Crippen LogP contribution in [0.1, 0.15) is 36.7 Å². The van der Waals surface area contributed by atoms with E-state index < -0.39 is 4.92 Å². The predicted molar refractivity (Wildman–Crippen MR) is 107 cm³/mol. The standard InChI is InChI=1S/C20H19N3O3S/c1-20(2,3)15-9-7-13(8-10-15)18(24)22-19-21-17(12-27-19)14-5-4-6-16(11-14)23(25)26/h4-12H,1-3H3,(H,21,22,24).